The summed E-state index contributed by atoms with van der Waals surface area (Å²) in [7, 11) is 1.54. The zero-order valence-corrected chi connectivity index (χ0v) is 10.7. The van der Waals surface area contributed by atoms with Gasteiger partial charge < -0.3 is 14.2 Å². The molecule has 0 fully saturated rings. The lowest BCUT2D eigenvalue weighted by Gasteiger charge is -2.29. The van der Waals surface area contributed by atoms with Crippen molar-refractivity contribution in [3.05, 3.63) is 29.3 Å². The number of aldehydes is 1. The van der Waals surface area contributed by atoms with Gasteiger partial charge in [0.1, 0.15) is 11.9 Å². The van der Waals surface area contributed by atoms with E-state index in [9.17, 15) is 4.79 Å². The summed E-state index contributed by atoms with van der Waals surface area (Å²) in [6.07, 6.45) is 4.67. The third-order valence-electron chi connectivity index (χ3n) is 2.60. The Morgan fingerprint density at radius 1 is 1.39 bits per heavy atom. The van der Waals surface area contributed by atoms with Gasteiger partial charge in [-0.15, -0.1) is 0 Å². The van der Waals surface area contributed by atoms with Crippen molar-refractivity contribution in [2.75, 3.05) is 13.9 Å². The summed E-state index contributed by atoms with van der Waals surface area (Å²) in [4.78, 5) is 10.9. The quantitative estimate of drug-likeness (QED) is 0.607. The van der Waals surface area contributed by atoms with Crippen LogP contribution < -0.4 is 9.47 Å². The lowest BCUT2D eigenvalue weighted by molar-refractivity contribution is 0.0453. The minimum atomic E-state index is -0.388. The van der Waals surface area contributed by atoms with E-state index in [1.165, 1.54) is 0 Å². The molecule has 2 rings (SSSR count). The number of fused-ring (bicyclic) bond motifs is 1. The van der Waals surface area contributed by atoms with E-state index >= 15 is 0 Å². The van der Waals surface area contributed by atoms with Gasteiger partial charge in [-0.2, -0.15) is 0 Å². The van der Waals surface area contributed by atoms with E-state index in [0.717, 1.165) is 11.8 Å². The Hall–Kier alpha value is -1.81. The molecular weight excluding hydrogens is 232 g/mol. The van der Waals surface area contributed by atoms with Crippen LogP contribution in [0.5, 0.6) is 11.5 Å². The molecule has 0 amide bonds. The van der Waals surface area contributed by atoms with E-state index in [4.69, 9.17) is 14.2 Å². The van der Waals surface area contributed by atoms with Crippen LogP contribution in [-0.2, 0) is 4.74 Å². The molecule has 0 saturated carbocycles. The maximum atomic E-state index is 10.9. The van der Waals surface area contributed by atoms with Crippen LogP contribution in [0.25, 0.3) is 6.08 Å². The van der Waals surface area contributed by atoms with Crippen molar-refractivity contribution in [1.29, 1.82) is 0 Å². The van der Waals surface area contributed by atoms with Gasteiger partial charge in [0, 0.05) is 18.2 Å². The first kappa shape index (κ1) is 12.6. The van der Waals surface area contributed by atoms with Gasteiger partial charge >= 0.3 is 0 Å². The third kappa shape index (κ3) is 2.54. The predicted molar refractivity (Wildman–Crippen MR) is 68.1 cm³/mol. The first-order valence-electron chi connectivity index (χ1n) is 5.69. The summed E-state index contributed by atoms with van der Waals surface area (Å²) < 4.78 is 16.2. The highest BCUT2D eigenvalue weighted by molar-refractivity contribution is 5.80. The highest BCUT2D eigenvalue weighted by Crippen LogP contribution is 2.39. The summed E-state index contributed by atoms with van der Waals surface area (Å²) in [6, 6.07) is 3.42. The molecule has 0 aromatic heterocycles. The third-order valence-corrected chi connectivity index (χ3v) is 2.60. The van der Waals surface area contributed by atoms with Crippen molar-refractivity contribution < 1.29 is 19.0 Å². The molecule has 1 aliphatic rings. The Labute approximate surface area is 106 Å². The smallest absolute Gasteiger partial charge is 0.188 e. The van der Waals surface area contributed by atoms with Crippen molar-refractivity contribution in [3.63, 3.8) is 0 Å². The van der Waals surface area contributed by atoms with Crippen LogP contribution in [0.3, 0.4) is 0 Å². The van der Waals surface area contributed by atoms with Crippen molar-refractivity contribution in [2.45, 2.75) is 19.4 Å². The Morgan fingerprint density at radius 3 is 2.83 bits per heavy atom. The summed E-state index contributed by atoms with van der Waals surface area (Å²) in [5.41, 5.74) is 0.999. The molecule has 4 nitrogen and oxygen atoms in total. The summed E-state index contributed by atoms with van der Waals surface area (Å²) in [6.45, 7) is 4.03. The normalized spacial score (nSPS) is 15.7. The average molecular weight is 248 g/mol. The van der Waals surface area contributed by atoms with E-state index in [1.54, 1.807) is 19.2 Å². The molecule has 1 aliphatic heterocycles. The highest BCUT2D eigenvalue weighted by atomic mass is 16.7. The fourth-order valence-corrected chi connectivity index (χ4v) is 1.76. The Balaban J connectivity index is 2.45. The van der Waals surface area contributed by atoms with Crippen molar-refractivity contribution in [1.82, 2.24) is 0 Å². The van der Waals surface area contributed by atoms with Gasteiger partial charge in [0.15, 0.2) is 18.3 Å². The molecule has 0 spiro atoms. The molecule has 0 aliphatic carbocycles. The molecule has 0 N–H and O–H groups in total. The number of carbonyl (C=O) groups is 1. The first-order chi connectivity index (χ1) is 8.55. The van der Waals surface area contributed by atoms with E-state index in [2.05, 4.69) is 0 Å². The van der Waals surface area contributed by atoms with Crippen molar-refractivity contribution >= 4 is 12.4 Å². The van der Waals surface area contributed by atoms with Gasteiger partial charge in [-0.25, -0.2) is 0 Å². The van der Waals surface area contributed by atoms with Gasteiger partial charge in [0.25, 0.3) is 0 Å². The van der Waals surface area contributed by atoms with Gasteiger partial charge in [-0.05, 0) is 32.1 Å². The molecular formula is C14H16O4. The van der Waals surface area contributed by atoms with E-state index in [1.807, 2.05) is 26.0 Å². The van der Waals surface area contributed by atoms with Crippen LogP contribution in [0, 0.1) is 0 Å². The standard InChI is InChI=1S/C14H16O4/c1-14(2)5-4-11-6-10(8-15)7-12(13(11)18-14)17-9-16-3/h4-8H,9H2,1-3H3. The second kappa shape index (κ2) is 4.82. The van der Waals surface area contributed by atoms with Crippen LogP contribution in [0.15, 0.2) is 18.2 Å². The SMILES string of the molecule is COCOc1cc(C=O)cc2c1OC(C)(C)C=C2. The fourth-order valence-electron chi connectivity index (χ4n) is 1.76. The largest absolute Gasteiger partial charge is 0.479 e. The zero-order valence-electron chi connectivity index (χ0n) is 10.7. The molecule has 18 heavy (non-hydrogen) atoms. The second-order valence-electron chi connectivity index (χ2n) is 4.64. The number of benzene rings is 1. The van der Waals surface area contributed by atoms with Crippen molar-refractivity contribution in [2.24, 2.45) is 0 Å². The van der Waals surface area contributed by atoms with E-state index < -0.39 is 0 Å². The van der Waals surface area contributed by atoms with Gasteiger partial charge in [-0.1, -0.05) is 6.08 Å². The summed E-state index contributed by atoms with van der Waals surface area (Å²) in [5, 5.41) is 0. The highest BCUT2D eigenvalue weighted by Gasteiger charge is 2.25. The van der Waals surface area contributed by atoms with Crippen LogP contribution in [0.1, 0.15) is 29.8 Å². The first-order valence-corrected chi connectivity index (χ1v) is 5.69. The zero-order chi connectivity index (χ0) is 13.2. The minimum Gasteiger partial charge on any atom is -0.479 e. The topological polar surface area (TPSA) is 44.8 Å². The molecule has 0 radical (unpaired) electrons. The number of ether oxygens (including phenoxy) is 3. The van der Waals surface area contributed by atoms with Gasteiger partial charge in [-0.3, -0.25) is 4.79 Å². The van der Waals surface area contributed by atoms with Crippen LogP contribution >= 0.6 is 0 Å². The number of hydrogen-bond acceptors (Lipinski definition) is 4. The molecule has 96 valence electrons. The minimum absolute atomic E-state index is 0.113. The molecule has 1 aromatic carbocycles. The maximum absolute atomic E-state index is 10.9. The molecule has 0 bridgehead atoms. The van der Waals surface area contributed by atoms with E-state index in [-0.39, 0.29) is 12.4 Å². The number of rotatable bonds is 4. The molecule has 1 aromatic rings. The Bertz CT molecular complexity index is 489. The molecule has 0 saturated heterocycles. The lowest BCUT2D eigenvalue weighted by Crippen LogP contribution is -2.28. The number of carbonyl (C=O) groups excluding carboxylic acids is 1. The van der Waals surface area contributed by atoms with E-state index in [0.29, 0.717) is 17.1 Å². The van der Waals surface area contributed by atoms with Crippen LogP contribution in [-0.4, -0.2) is 25.8 Å². The molecule has 1 heterocycles. The lowest BCUT2D eigenvalue weighted by atomic mass is 10.0. The Morgan fingerprint density at radius 2 is 2.17 bits per heavy atom. The second-order valence-corrected chi connectivity index (χ2v) is 4.64. The fraction of sp³-hybridized carbons (Fsp3) is 0.357. The Kier molecular flexibility index (Phi) is 3.39. The van der Waals surface area contributed by atoms with Gasteiger partial charge in [0.2, 0.25) is 0 Å². The monoisotopic (exact) mass is 248 g/mol. The van der Waals surface area contributed by atoms with Crippen molar-refractivity contribution in [3.8, 4) is 11.5 Å². The molecule has 0 unspecified atom stereocenters. The van der Waals surface area contributed by atoms with Crippen LogP contribution in [0.4, 0.5) is 0 Å². The number of hydrogen-bond donors (Lipinski definition) is 0. The molecule has 4 heteroatoms. The summed E-state index contributed by atoms with van der Waals surface area (Å²) in [5.74, 6) is 1.17. The summed E-state index contributed by atoms with van der Waals surface area (Å²) >= 11 is 0. The maximum Gasteiger partial charge on any atom is 0.188 e. The number of methoxy groups -OCH3 is 1. The van der Waals surface area contributed by atoms with Crippen LogP contribution in [0.2, 0.25) is 0 Å². The average Bonchev–Trinajstić information content (AvgIpc) is 2.35. The van der Waals surface area contributed by atoms with Gasteiger partial charge in [0.05, 0.1) is 0 Å². The molecule has 0 atom stereocenters. The predicted octanol–water partition coefficient (Wildman–Crippen LogP) is 2.67.